The largest absolute Gasteiger partial charge is 0.348 e. The van der Waals surface area contributed by atoms with Crippen LogP contribution in [0.2, 0.25) is 0 Å². The number of carbonyl (C=O) groups excluding carboxylic acids is 2. The van der Waals surface area contributed by atoms with Crippen molar-refractivity contribution >= 4 is 28.8 Å². The lowest BCUT2D eigenvalue weighted by molar-refractivity contribution is 0.0950. The Morgan fingerprint density at radius 1 is 1.00 bits per heavy atom. The number of anilines is 1. The third-order valence-electron chi connectivity index (χ3n) is 3.27. The van der Waals surface area contributed by atoms with E-state index in [1.165, 1.54) is 11.3 Å². The monoisotopic (exact) mass is 338 g/mol. The van der Waals surface area contributed by atoms with Gasteiger partial charge in [-0.3, -0.25) is 14.6 Å². The van der Waals surface area contributed by atoms with Gasteiger partial charge in [0.05, 0.1) is 5.51 Å². The van der Waals surface area contributed by atoms with E-state index in [9.17, 15) is 9.59 Å². The van der Waals surface area contributed by atoms with Crippen LogP contribution in [0, 0.1) is 0 Å². The molecule has 0 aliphatic carbocycles. The fraction of sp³-hybridized carbons (Fsp3) is 0.0588. The van der Waals surface area contributed by atoms with Crippen molar-refractivity contribution in [2.75, 3.05) is 5.32 Å². The molecule has 0 spiro atoms. The molecule has 6 nitrogen and oxygen atoms in total. The van der Waals surface area contributed by atoms with Gasteiger partial charge >= 0.3 is 0 Å². The zero-order valence-electron chi connectivity index (χ0n) is 12.6. The molecule has 0 unspecified atom stereocenters. The Balaban J connectivity index is 1.57. The topological polar surface area (TPSA) is 84.0 Å². The lowest BCUT2D eigenvalue weighted by atomic mass is 10.2. The number of nitrogens with one attached hydrogen (secondary N) is 2. The lowest BCUT2D eigenvalue weighted by Gasteiger charge is -2.07. The molecule has 0 saturated heterocycles. The smallest absolute Gasteiger partial charge is 0.275 e. The molecule has 2 aromatic heterocycles. The summed E-state index contributed by atoms with van der Waals surface area (Å²) in [5.74, 6) is -0.449. The summed E-state index contributed by atoms with van der Waals surface area (Å²) in [6.45, 7) is 0.434. The first-order valence-corrected chi connectivity index (χ1v) is 8.13. The van der Waals surface area contributed by atoms with Gasteiger partial charge in [-0.25, -0.2) is 4.98 Å². The van der Waals surface area contributed by atoms with E-state index >= 15 is 0 Å². The van der Waals surface area contributed by atoms with Gasteiger partial charge in [-0.1, -0.05) is 0 Å². The second kappa shape index (κ2) is 7.47. The highest BCUT2D eigenvalue weighted by molar-refractivity contribution is 7.07. The van der Waals surface area contributed by atoms with E-state index in [-0.39, 0.29) is 11.8 Å². The molecule has 3 rings (SSSR count). The van der Waals surface area contributed by atoms with E-state index in [1.54, 1.807) is 47.5 Å². The van der Waals surface area contributed by atoms with Crippen LogP contribution in [0.3, 0.4) is 0 Å². The molecule has 0 aliphatic rings. The number of thiazole rings is 1. The minimum absolute atomic E-state index is 0.177. The average molecular weight is 338 g/mol. The molecular formula is C17H14N4O2S. The Kier molecular flexibility index (Phi) is 4.93. The van der Waals surface area contributed by atoms with Crippen LogP contribution in [0.4, 0.5) is 5.69 Å². The second-order valence-electron chi connectivity index (χ2n) is 4.94. The van der Waals surface area contributed by atoms with Crippen LogP contribution in [0.15, 0.2) is 59.7 Å². The normalized spacial score (nSPS) is 10.2. The van der Waals surface area contributed by atoms with E-state index in [2.05, 4.69) is 20.6 Å². The maximum atomic E-state index is 12.1. The van der Waals surface area contributed by atoms with Gasteiger partial charge in [0.2, 0.25) is 0 Å². The maximum Gasteiger partial charge on any atom is 0.275 e. The summed E-state index contributed by atoms with van der Waals surface area (Å²) in [5, 5.41) is 7.25. The molecule has 0 atom stereocenters. The van der Waals surface area contributed by atoms with E-state index in [1.807, 2.05) is 12.1 Å². The Morgan fingerprint density at radius 3 is 2.42 bits per heavy atom. The number of hydrogen-bond donors (Lipinski definition) is 2. The van der Waals surface area contributed by atoms with E-state index in [4.69, 9.17) is 0 Å². The number of hydrogen-bond acceptors (Lipinski definition) is 5. The Labute approximate surface area is 142 Å². The number of nitrogens with zero attached hydrogens (tertiary/aromatic N) is 2. The first kappa shape index (κ1) is 15.8. The van der Waals surface area contributed by atoms with Gasteiger partial charge in [0.15, 0.2) is 0 Å². The number of rotatable bonds is 5. The molecule has 24 heavy (non-hydrogen) atoms. The van der Waals surface area contributed by atoms with E-state index in [0.717, 1.165) is 5.56 Å². The van der Waals surface area contributed by atoms with Crippen molar-refractivity contribution in [3.8, 4) is 0 Å². The van der Waals surface area contributed by atoms with Crippen LogP contribution in [0.1, 0.15) is 26.4 Å². The second-order valence-corrected chi connectivity index (χ2v) is 5.66. The molecule has 0 saturated carbocycles. The SMILES string of the molecule is O=C(NCc1ccncc1)c1ccc(NC(=O)c2cscn2)cc1. The first-order valence-electron chi connectivity index (χ1n) is 7.19. The zero-order chi connectivity index (χ0) is 16.8. The Bertz CT molecular complexity index is 818. The minimum Gasteiger partial charge on any atom is -0.348 e. The number of carbonyl (C=O) groups is 2. The summed E-state index contributed by atoms with van der Waals surface area (Å²) in [7, 11) is 0. The summed E-state index contributed by atoms with van der Waals surface area (Å²) in [6, 6.07) is 10.4. The fourth-order valence-corrected chi connectivity index (χ4v) is 2.54. The summed E-state index contributed by atoms with van der Waals surface area (Å²) < 4.78 is 0. The van der Waals surface area contributed by atoms with E-state index < -0.39 is 0 Å². The highest BCUT2D eigenvalue weighted by Crippen LogP contribution is 2.12. The lowest BCUT2D eigenvalue weighted by Crippen LogP contribution is -2.22. The van der Waals surface area contributed by atoms with Gasteiger partial charge < -0.3 is 10.6 Å². The molecular weight excluding hydrogens is 324 g/mol. The van der Waals surface area contributed by atoms with Gasteiger partial charge in [-0.05, 0) is 42.0 Å². The molecule has 3 aromatic rings. The predicted molar refractivity (Wildman–Crippen MR) is 91.9 cm³/mol. The van der Waals surface area contributed by atoms with Gasteiger partial charge in [-0.15, -0.1) is 11.3 Å². The Hall–Kier alpha value is -3.06. The fourth-order valence-electron chi connectivity index (χ4n) is 2.01. The molecule has 2 N–H and O–H groups in total. The molecule has 0 radical (unpaired) electrons. The molecule has 7 heteroatoms. The third-order valence-corrected chi connectivity index (χ3v) is 3.86. The Morgan fingerprint density at radius 2 is 1.75 bits per heavy atom. The van der Waals surface area contributed by atoms with Crippen LogP contribution >= 0.6 is 11.3 Å². The highest BCUT2D eigenvalue weighted by atomic mass is 32.1. The number of aromatic nitrogens is 2. The average Bonchev–Trinajstić information content (AvgIpc) is 3.16. The van der Waals surface area contributed by atoms with E-state index in [0.29, 0.717) is 23.5 Å². The molecule has 2 amide bonds. The minimum atomic E-state index is -0.272. The number of pyridine rings is 1. The van der Waals surface area contributed by atoms with Crippen molar-refractivity contribution in [3.05, 3.63) is 76.5 Å². The summed E-state index contributed by atoms with van der Waals surface area (Å²) >= 11 is 1.36. The van der Waals surface area contributed by atoms with Crippen molar-refractivity contribution < 1.29 is 9.59 Å². The van der Waals surface area contributed by atoms with Gasteiger partial charge in [-0.2, -0.15) is 0 Å². The van der Waals surface area contributed by atoms with Crippen LogP contribution in [0.25, 0.3) is 0 Å². The summed E-state index contributed by atoms with van der Waals surface area (Å²) in [5.41, 5.74) is 4.09. The van der Waals surface area contributed by atoms with Crippen LogP contribution in [-0.2, 0) is 6.54 Å². The molecule has 0 bridgehead atoms. The maximum absolute atomic E-state index is 12.1. The summed E-state index contributed by atoms with van der Waals surface area (Å²) in [4.78, 5) is 31.9. The third kappa shape index (κ3) is 4.02. The summed E-state index contributed by atoms with van der Waals surface area (Å²) in [6.07, 6.45) is 3.36. The number of amides is 2. The highest BCUT2D eigenvalue weighted by Gasteiger charge is 2.09. The molecule has 0 aliphatic heterocycles. The van der Waals surface area contributed by atoms with Crippen LogP contribution in [0.5, 0.6) is 0 Å². The van der Waals surface area contributed by atoms with Crippen molar-refractivity contribution in [2.45, 2.75) is 6.54 Å². The van der Waals surface area contributed by atoms with Crippen molar-refractivity contribution in [2.24, 2.45) is 0 Å². The molecule has 0 fully saturated rings. The van der Waals surface area contributed by atoms with Crippen LogP contribution < -0.4 is 10.6 Å². The number of benzene rings is 1. The predicted octanol–water partition coefficient (Wildman–Crippen LogP) is 2.72. The van der Waals surface area contributed by atoms with Gasteiger partial charge in [0.25, 0.3) is 11.8 Å². The standard InChI is InChI=1S/C17H14N4O2S/c22-16(19-9-12-5-7-18-8-6-12)13-1-3-14(4-2-13)21-17(23)15-10-24-11-20-15/h1-8,10-11H,9H2,(H,19,22)(H,21,23). The van der Waals surface area contributed by atoms with Gasteiger partial charge in [0, 0.05) is 35.6 Å². The van der Waals surface area contributed by atoms with Gasteiger partial charge in [0.1, 0.15) is 5.69 Å². The first-order chi connectivity index (χ1) is 11.7. The molecule has 1 aromatic carbocycles. The molecule has 120 valence electrons. The van der Waals surface area contributed by atoms with Crippen LogP contribution in [-0.4, -0.2) is 21.8 Å². The zero-order valence-corrected chi connectivity index (χ0v) is 13.4. The van der Waals surface area contributed by atoms with Crippen molar-refractivity contribution in [1.29, 1.82) is 0 Å². The van der Waals surface area contributed by atoms with Crippen molar-refractivity contribution in [3.63, 3.8) is 0 Å². The van der Waals surface area contributed by atoms with Crippen molar-refractivity contribution in [1.82, 2.24) is 15.3 Å². The quantitative estimate of drug-likeness (QED) is 0.749. The molecule has 2 heterocycles.